The van der Waals surface area contributed by atoms with Crippen LogP contribution in [-0.2, 0) is 4.79 Å². The molecule has 0 bridgehead atoms. The summed E-state index contributed by atoms with van der Waals surface area (Å²) in [5.41, 5.74) is 2.10. The zero-order valence-electron chi connectivity index (χ0n) is 20.5. The van der Waals surface area contributed by atoms with Crippen molar-refractivity contribution in [2.45, 2.75) is 59.8 Å². The molecule has 0 spiro atoms. The number of benzene rings is 1. The van der Waals surface area contributed by atoms with Crippen molar-refractivity contribution >= 4 is 18.2 Å². The first-order valence-corrected chi connectivity index (χ1v) is 11.9. The van der Waals surface area contributed by atoms with Crippen LogP contribution in [0.15, 0.2) is 48.6 Å². The minimum atomic E-state index is -0.250. The predicted molar refractivity (Wildman–Crippen MR) is 139 cm³/mol. The fourth-order valence-corrected chi connectivity index (χ4v) is 3.32. The summed E-state index contributed by atoms with van der Waals surface area (Å²) in [6, 6.07) is 5.87. The Morgan fingerprint density at radius 2 is 1.59 bits per heavy atom. The first kappa shape index (κ1) is 29.5. The van der Waals surface area contributed by atoms with Crippen LogP contribution < -0.4 is 4.90 Å². The highest BCUT2D eigenvalue weighted by Crippen LogP contribution is 2.27. The lowest BCUT2D eigenvalue weighted by Gasteiger charge is -2.29. The summed E-state index contributed by atoms with van der Waals surface area (Å²) in [4.78, 5) is 13.2. The normalized spacial score (nSPS) is 15.8. The van der Waals surface area contributed by atoms with Crippen LogP contribution in [0.1, 0.15) is 65.4 Å². The molecule has 0 amide bonds. The monoisotopic (exact) mass is 444 g/mol. The van der Waals surface area contributed by atoms with Crippen LogP contribution in [0.2, 0.25) is 0 Å². The molecule has 0 radical (unpaired) electrons. The van der Waals surface area contributed by atoms with Crippen LogP contribution in [0, 0.1) is 0 Å². The van der Waals surface area contributed by atoms with Gasteiger partial charge in [-0.05, 0) is 77.2 Å². The fraction of sp³-hybridized carbons (Fsp3) is 0.519. The van der Waals surface area contributed by atoms with E-state index in [0.717, 1.165) is 18.7 Å². The maximum absolute atomic E-state index is 9.84. The van der Waals surface area contributed by atoms with Gasteiger partial charge in [0.15, 0.2) is 0 Å². The Kier molecular flexibility index (Phi) is 18.8. The maximum atomic E-state index is 9.84. The lowest BCUT2D eigenvalue weighted by molar-refractivity contribution is -0.122. The number of allylic oxidation sites excluding steroid dienone is 4. The Hall–Kier alpha value is -2.53. The number of hydrogen-bond acceptors (Lipinski definition) is 4. The number of aromatic hydroxyl groups is 1. The number of carbonyl (C=O) groups is 1. The molecule has 0 aromatic heterocycles. The van der Waals surface area contributed by atoms with Crippen LogP contribution in [0.25, 0.3) is 6.08 Å². The lowest BCUT2D eigenvalue weighted by atomic mass is 10.1. The molecule has 2 heterocycles. The Bertz CT molecular complexity index is 673. The van der Waals surface area contributed by atoms with Gasteiger partial charge in [0.1, 0.15) is 5.75 Å². The molecule has 2 fully saturated rings. The van der Waals surface area contributed by atoms with E-state index in [1.54, 1.807) is 6.07 Å². The Morgan fingerprint density at radius 3 is 2.12 bits per heavy atom. The first-order valence-electron chi connectivity index (χ1n) is 11.9. The van der Waals surface area contributed by atoms with Gasteiger partial charge in [-0.2, -0.15) is 0 Å². The summed E-state index contributed by atoms with van der Waals surface area (Å²) in [5.74, 6) is 0.344. The molecule has 3 rings (SSSR count). The van der Waals surface area contributed by atoms with Gasteiger partial charge >= 0.3 is 0 Å². The SMILES string of the molecule is C/C=C/C=C/c1cc(N2CCCCC2)ccc1O.C/C=C\CCN1CCC1.CC.O=CO. The number of hydrogen-bond donors (Lipinski definition) is 2. The molecule has 1 aromatic carbocycles. The number of phenolic OH excluding ortho intramolecular Hbond substituents is 1. The van der Waals surface area contributed by atoms with E-state index in [4.69, 9.17) is 9.90 Å². The van der Waals surface area contributed by atoms with Crippen molar-refractivity contribution in [3.8, 4) is 5.75 Å². The van der Waals surface area contributed by atoms with E-state index in [1.807, 2.05) is 51.1 Å². The summed E-state index contributed by atoms with van der Waals surface area (Å²) in [6.45, 7) is 14.0. The molecular formula is C27H44N2O3. The summed E-state index contributed by atoms with van der Waals surface area (Å²) in [5, 5.41) is 16.7. The molecule has 0 atom stereocenters. The average Bonchev–Trinajstić information content (AvgIpc) is 2.80. The van der Waals surface area contributed by atoms with E-state index in [9.17, 15) is 5.11 Å². The van der Waals surface area contributed by atoms with E-state index >= 15 is 0 Å². The highest BCUT2D eigenvalue weighted by atomic mass is 16.3. The molecular weight excluding hydrogens is 400 g/mol. The van der Waals surface area contributed by atoms with Gasteiger partial charge in [0.05, 0.1) is 0 Å². The molecule has 5 nitrogen and oxygen atoms in total. The number of phenols is 1. The molecule has 32 heavy (non-hydrogen) atoms. The lowest BCUT2D eigenvalue weighted by Crippen LogP contribution is -2.37. The van der Waals surface area contributed by atoms with Crippen LogP contribution in [-0.4, -0.2) is 54.3 Å². The predicted octanol–water partition coefficient (Wildman–Crippen LogP) is 6.36. The van der Waals surface area contributed by atoms with Crippen molar-refractivity contribution in [3.63, 3.8) is 0 Å². The standard InChI is InChI=1S/C16H21NO.C8H15N.C2H6.CH2O2/c1-2-3-5-8-14-13-15(9-10-16(14)18)17-11-6-4-7-12-17;1-2-3-4-6-9-7-5-8-9;1-2;2-1-3/h2-3,5,8-10,13,18H,4,6-7,11-12H2,1H3;2-3H,4-8H2,1H3;1-2H3;1H,(H,2,3)/b3-2+,8-5+;3-2-;;. The third kappa shape index (κ3) is 13.0. The molecule has 180 valence electrons. The molecule has 2 saturated heterocycles. The van der Waals surface area contributed by atoms with Gasteiger partial charge in [0.25, 0.3) is 6.47 Å². The van der Waals surface area contributed by atoms with Crippen molar-refractivity contribution in [1.82, 2.24) is 4.90 Å². The Labute approximate surface area is 195 Å². The van der Waals surface area contributed by atoms with Gasteiger partial charge in [-0.1, -0.05) is 50.3 Å². The van der Waals surface area contributed by atoms with Crippen molar-refractivity contribution < 1.29 is 15.0 Å². The van der Waals surface area contributed by atoms with Crippen molar-refractivity contribution in [1.29, 1.82) is 0 Å². The average molecular weight is 445 g/mol. The van der Waals surface area contributed by atoms with Gasteiger partial charge in [-0.3, -0.25) is 4.79 Å². The third-order valence-corrected chi connectivity index (χ3v) is 5.11. The highest BCUT2D eigenvalue weighted by Gasteiger charge is 2.12. The molecule has 1 aromatic rings. The van der Waals surface area contributed by atoms with E-state index in [-0.39, 0.29) is 6.47 Å². The van der Waals surface area contributed by atoms with Crippen molar-refractivity contribution in [3.05, 3.63) is 54.1 Å². The molecule has 2 aliphatic rings. The Balaban J connectivity index is 0.000000574. The van der Waals surface area contributed by atoms with Crippen molar-refractivity contribution in [2.24, 2.45) is 0 Å². The zero-order valence-corrected chi connectivity index (χ0v) is 20.5. The van der Waals surface area contributed by atoms with E-state index in [1.165, 1.54) is 57.4 Å². The van der Waals surface area contributed by atoms with Crippen molar-refractivity contribution in [2.75, 3.05) is 37.6 Å². The van der Waals surface area contributed by atoms with E-state index in [2.05, 4.69) is 34.9 Å². The summed E-state index contributed by atoms with van der Waals surface area (Å²) < 4.78 is 0. The minimum absolute atomic E-state index is 0.250. The topological polar surface area (TPSA) is 64.0 Å². The zero-order chi connectivity index (χ0) is 24.0. The molecule has 0 saturated carbocycles. The van der Waals surface area contributed by atoms with Gasteiger partial charge in [0.2, 0.25) is 0 Å². The number of nitrogens with zero attached hydrogens (tertiary/aromatic N) is 2. The van der Waals surface area contributed by atoms with Crippen LogP contribution in [0.5, 0.6) is 5.75 Å². The number of likely N-dealkylation sites (tertiary alicyclic amines) is 1. The van der Waals surface area contributed by atoms with Crippen LogP contribution in [0.3, 0.4) is 0 Å². The van der Waals surface area contributed by atoms with Gasteiger partial charge in [-0.15, -0.1) is 0 Å². The molecule has 0 aliphatic carbocycles. The molecule has 2 N–H and O–H groups in total. The highest BCUT2D eigenvalue weighted by molar-refractivity contribution is 5.64. The number of piperidine rings is 1. The molecule has 0 unspecified atom stereocenters. The second-order valence-corrected chi connectivity index (χ2v) is 7.33. The van der Waals surface area contributed by atoms with Gasteiger partial charge < -0.3 is 20.0 Å². The van der Waals surface area contributed by atoms with Gasteiger partial charge in [0, 0.05) is 30.9 Å². The van der Waals surface area contributed by atoms with Crippen LogP contribution in [0.4, 0.5) is 5.69 Å². The number of anilines is 1. The Morgan fingerprint density at radius 1 is 0.938 bits per heavy atom. The molecule has 5 heteroatoms. The maximum Gasteiger partial charge on any atom is 0.290 e. The quantitative estimate of drug-likeness (QED) is 0.304. The largest absolute Gasteiger partial charge is 0.507 e. The summed E-state index contributed by atoms with van der Waals surface area (Å²) in [6.07, 6.45) is 18.7. The van der Waals surface area contributed by atoms with Crippen LogP contribution >= 0.6 is 0 Å². The minimum Gasteiger partial charge on any atom is -0.507 e. The fourth-order valence-electron chi connectivity index (χ4n) is 3.32. The smallest absolute Gasteiger partial charge is 0.290 e. The third-order valence-electron chi connectivity index (χ3n) is 5.11. The number of rotatable bonds is 6. The second-order valence-electron chi connectivity index (χ2n) is 7.33. The summed E-state index contributed by atoms with van der Waals surface area (Å²) in [7, 11) is 0. The second kappa shape index (κ2) is 20.4. The van der Waals surface area contributed by atoms with E-state index < -0.39 is 0 Å². The van der Waals surface area contributed by atoms with E-state index in [0.29, 0.717) is 5.75 Å². The molecule has 2 aliphatic heterocycles. The first-order chi connectivity index (χ1) is 15.7. The van der Waals surface area contributed by atoms with Gasteiger partial charge in [-0.25, -0.2) is 0 Å². The summed E-state index contributed by atoms with van der Waals surface area (Å²) >= 11 is 0. The number of carboxylic acid groups (broad SMARTS) is 1.